The Morgan fingerprint density at radius 1 is 1.26 bits per heavy atom. The van der Waals surface area contributed by atoms with Gasteiger partial charge in [-0.2, -0.15) is 0 Å². The van der Waals surface area contributed by atoms with Crippen molar-refractivity contribution in [2.24, 2.45) is 5.92 Å². The van der Waals surface area contributed by atoms with Crippen molar-refractivity contribution < 1.29 is 9.90 Å². The lowest BCUT2D eigenvalue weighted by Crippen LogP contribution is -2.46. The summed E-state index contributed by atoms with van der Waals surface area (Å²) in [6, 6.07) is 15.5. The number of β-amino-alcohol motifs (C(OH)–C–C–N with tert-alkyl or cyclic N) is 1. The largest absolute Gasteiger partial charge is 0.392 e. The van der Waals surface area contributed by atoms with Gasteiger partial charge in [0, 0.05) is 5.02 Å². The SMILES string of the molecule is CC(O)CN1C(=N)NC(c2cccc(-c3cccc(Cl)c3)c2)(C2CC2)C1=O. The molecule has 0 bridgehead atoms. The highest BCUT2D eigenvalue weighted by Gasteiger charge is 2.59. The molecule has 2 aromatic carbocycles. The zero-order chi connectivity index (χ0) is 19.2. The zero-order valence-electron chi connectivity index (χ0n) is 15.1. The van der Waals surface area contributed by atoms with Gasteiger partial charge in [0.15, 0.2) is 5.96 Å². The predicted molar refractivity (Wildman–Crippen MR) is 106 cm³/mol. The Hall–Kier alpha value is -2.37. The van der Waals surface area contributed by atoms with Crippen LogP contribution >= 0.6 is 11.6 Å². The number of hydrogen-bond acceptors (Lipinski definition) is 3. The van der Waals surface area contributed by atoms with E-state index in [2.05, 4.69) is 5.32 Å². The average Bonchev–Trinajstić information content (AvgIpc) is 3.45. The Morgan fingerprint density at radius 2 is 1.93 bits per heavy atom. The van der Waals surface area contributed by atoms with Crippen molar-refractivity contribution >= 4 is 23.5 Å². The Morgan fingerprint density at radius 3 is 2.56 bits per heavy atom. The lowest BCUT2D eigenvalue weighted by molar-refractivity contribution is -0.133. The molecule has 2 fully saturated rings. The Bertz CT molecular complexity index is 910. The molecule has 1 saturated carbocycles. The summed E-state index contributed by atoms with van der Waals surface area (Å²) in [5.41, 5.74) is 1.88. The highest BCUT2D eigenvalue weighted by Crippen LogP contribution is 2.49. The Balaban J connectivity index is 1.77. The number of nitrogens with zero attached hydrogens (tertiary/aromatic N) is 1. The van der Waals surface area contributed by atoms with Crippen LogP contribution in [0.2, 0.25) is 5.02 Å². The van der Waals surface area contributed by atoms with Gasteiger partial charge in [0.2, 0.25) is 0 Å². The third kappa shape index (κ3) is 3.11. The van der Waals surface area contributed by atoms with E-state index >= 15 is 0 Å². The summed E-state index contributed by atoms with van der Waals surface area (Å²) < 4.78 is 0. The average molecular weight is 384 g/mol. The summed E-state index contributed by atoms with van der Waals surface area (Å²) in [6.07, 6.45) is 1.19. The fourth-order valence-electron chi connectivity index (χ4n) is 3.90. The number of aliphatic hydroxyl groups is 1. The van der Waals surface area contributed by atoms with Gasteiger partial charge in [0.05, 0.1) is 12.6 Å². The van der Waals surface area contributed by atoms with Crippen LogP contribution in [0.15, 0.2) is 48.5 Å². The first-order valence-corrected chi connectivity index (χ1v) is 9.53. The summed E-state index contributed by atoms with van der Waals surface area (Å²) in [5, 5.41) is 21.8. The maximum atomic E-state index is 13.3. The van der Waals surface area contributed by atoms with E-state index in [1.807, 2.05) is 48.5 Å². The third-order valence-corrected chi connectivity index (χ3v) is 5.52. The monoisotopic (exact) mass is 383 g/mol. The van der Waals surface area contributed by atoms with E-state index < -0.39 is 11.6 Å². The summed E-state index contributed by atoms with van der Waals surface area (Å²) in [4.78, 5) is 14.7. The van der Waals surface area contributed by atoms with Gasteiger partial charge in [0.1, 0.15) is 5.54 Å². The van der Waals surface area contributed by atoms with Crippen molar-refractivity contribution in [3.63, 3.8) is 0 Å². The van der Waals surface area contributed by atoms with Crippen LogP contribution in [-0.4, -0.2) is 34.5 Å². The first-order chi connectivity index (χ1) is 12.9. The van der Waals surface area contributed by atoms with Crippen LogP contribution in [0, 0.1) is 11.3 Å². The first-order valence-electron chi connectivity index (χ1n) is 9.15. The molecule has 1 amide bonds. The normalized spacial score (nSPS) is 23.4. The summed E-state index contributed by atoms with van der Waals surface area (Å²) in [6.45, 7) is 1.74. The summed E-state index contributed by atoms with van der Waals surface area (Å²) in [7, 11) is 0. The van der Waals surface area contributed by atoms with Gasteiger partial charge in [-0.1, -0.05) is 41.9 Å². The number of nitrogens with one attached hydrogen (secondary N) is 2. The molecule has 2 aromatic rings. The molecule has 1 aliphatic carbocycles. The molecule has 1 heterocycles. The minimum atomic E-state index is -0.930. The maximum Gasteiger partial charge on any atom is 0.260 e. The molecular weight excluding hydrogens is 362 g/mol. The number of rotatable bonds is 5. The summed E-state index contributed by atoms with van der Waals surface area (Å²) in [5.74, 6) is 0.0547. The molecule has 2 atom stereocenters. The van der Waals surface area contributed by atoms with Crippen molar-refractivity contribution in [3.05, 3.63) is 59.1 Å². The predicted octanol–water partition coefficient (Wildman–Crippen LogP) is 3.36. The van der Waals surface area contributed by atoms with Gasteiger partial charge in [0.25, 0.3) is 5.91 Å². The lowest BCUT2D eigenvalue weighted by Gasteiger charge is -2.28. The maximum absolute atomic E-state index is 13.3. The van der Waals surface area contributed by atoms with E-state index in [1.165, 1.54) is 4.90 Å². The van der Waals surface area contributed by atoms with Crippen LogP contribution in [0.5, 0.6) is 0 Å². The smallest absolute Gasteiger partial charge is 0.260 e. The standard InChI is InChI=1S/C21H22ClN3O2/c1-13(26)12-25-19(27)21(16-8-9-16,24-20(25)23)17-6-2-4-14(10-17)15-5-3-7-18(22)11-15/h2-7,10-11,13,16,26H,8-9,12H2,1H3,(H2,23,24). The molecular formula is C21H22ClN3O2. The third-order valence-electron chi connectivity index (χ3n) is 5.28. The molecule has 0 aromatic heterocycles. The van der Waals surface area contributed by atoms with Crippen molar-refractivity contribution in [2.45, 2.75) is 31.4 Å². The number of hydrogen-bond donors (Lipinski definition) is 3. The summed E-state index contributed by atoms with van der Waals surface area (Å²) >= 11 is 6.13. The minimum Gasteiger partial charge on any atom is -0.392 e. The molecule has 6 heteroatoms. The Labute approximate surface area is 163 Å². The van der Waals surface area contributed by atoms with E-state index in [-0.39, 0.29) is 24.3 Å². The number of amides is 1. The highest BCUT2D eigenvalue weighted by atomic mass is 35.5. The number of carbonyl (C=O) groups is 1. The van der Waals surface area contributed by atoms with Gasteiger partial charge in [-0.05, 0) is 60.6 Å². The molecule has 1 saturated heterocycles. The molecule has 1 aliphatic heterocycles. The van der Waals surface area contributed by atoms with E-state index in [4.69, 9.17) is 17.0 Å². The van der Waals surface area contributed by atoms with E-state index in [0.717, 1.165) is 29.5 Å². The van der Waals surface area contributed by atoms with Crippen LogP contribution in [0.25, 0.3) is 11.1 Å². The first kappa shape index (κ1) is 18.0. The van der Waals surface area contributed by atoms with Crippen LogP contribution < -0.4 is 5.32 Å². The fraction of sp³-hybridized carbons (Fsp3) is 0.333. The van der Waals surface area contributed by atoms with E-state index in [9.17, 15) is 9.90 Å². The van der Waals surface area contributed by atoms with Crippen LogP contribution in [-0.2, 0) is 10.3 Å². The molecule has 27 heavy (non-hydrogen) atoms. The quantitative estimate of drug-likeness (QED) is 0.741. The second-order valence-electron chi connectivity index (χ2n) is 7.41. The number of guanidine groups is 1. The van der Waals surface area contributed by atoms with Crippen molar-refractivity contribution in [1.29, 1.82) is 5.41 Å². The molecule has 2 aliphatic rings. The Kier molecular flexibility index (Phi) is 4.44. The number of carbonyl (C=O) groups excluding carboxylic acids is 1. The van der Waals surface area contributed by atoms with E-state index in [1.54, 1.807) is 6.92 Å². The lowest BCUT2D eigenvalue weighted by atomic mass is 9.83. The number of benzene rings is 2. The minimum absolute atomic E-state index is 0.0564. The van der Waals surface area contributed by atoms with Crippen molar-refractivity contribution in [1.82, 2.24) is 10.2 Å². The zero-order valence-corrected chi connectivity index (χ0v) is 15.8. The van der Waals surface area contributed by atoms with E-state index in [0.29, 0.717) is 5.02 Å². The fourth-order valence-corrected chi connectivity index (χ4v) is 4.09. The van der Waals surface area contributed by atoms with Crippen molar-refractivity contribution in [2.75, 3.05) is 6.54 Å². The van der Waals surface area contributed by atoms with Gasteiger partial charge in [-0.25, -0.2) is 0 Å². The van der Waals surface area contributed by atoms with Crippen LogP contribution in [0.3, 0.4) is 0 Å². The van der Waals surface area contributed by atoms with Gasteiger partial charge < -0.3 is 10.4 Å². The van der Waals surface area contributed by atoms with Gasteiger partial charge in [-0.15, -0.1) is 0 Å². The molecule has 4 rings (SSSR count). The molecule has 0 radical (unpaired) electrons. The van der Waals surface area contributed by atoms with Crippen molar-refractivity contribution in [3.8, 4) is 11.1 Å². The molecule has 5 nitrogen and oxygen atoms in total. The molecule has 2 unspecified atom stereocenters. The van der Waals surface area contributed by atoms with Gasteiger partial charge in [-0.3, -0.25) is 15.1 Å². The highest BCUT2D eigenvalue weighted by molar-refractivity contribution is 6.30. The molecule has 3 N–H and O–H groups in total. The molecule has 0 spiro atoms. The van der Waals surface area contributed by atoms with Crippen LogP contribution in [0.4, 0.5) is 0 Å². The second kappa shape index (κ2) is 6.66. The molecule has 140 valence electrons. The number of aliphatic hydroxyl groups excluding tert-OH is 1. The topological polar surface area (TPSA) is 76.4 Å². The van der Waals surface area contributed by atoms with Crippen LogP contribution in [0.1, 0.15) is 25.3 Å². The van der Waals surface area contributed by atoms with Gasteiger partial charge >= 0.3 is 0 Å². The second-order valence-corrected chi connectivity index (χ2v) is 7.85. The number of halogens is 1.